The minimum Gasteiger partial charge on any atom is -0.272 e. The average Bonchev–Trinajstić information content (AvgIpc) is 2.61. The van der Waals surface area contributed by atoms with Crippen LogP contribution in [0.1, 0.15) is 51.6 Å². The van der Waals surface area contributed by atoms with E-state index in [1.807, 2.05) is 0 Å². The summed E-state index contributed by atoms with van der Waals surface area (Å²) in [5, 5.41) is 4.51. The molecule has 0 aliphatic carbocycles. The number of rotatable bonds is 7. The molecule has 1 aromatic rings. The maximum absolute atomic E-state index is 4.51. The van der Waals surface area contributed by atoms with E-state index in [1.54, 1.807) is 0 Å². The zero-order chi connectivity index (χ0) is 10.2. The minimum absolute atomic E-state index is 1.09. The Labute approximate surface area is 87.3 Å². The molecule has 0 unspecified atom stereocenters. The SMILES string of the molecule is CCCCCCn1ccc(CCC)n1. The van der Waals surface area contributed by atoms with Gasteiger partial charge in [0.15, 0.2) is 0 Å². The molecule has 2 nitrogen and oxygen atoms in total. The fourth-order valence-electron chi connectivity index (χ4n) is 1.62. The van der Waals surface area contributed by atoms with Crippen molar-refractivity contribution in [2.45, 2.75) is 58.9 Å². The highest BCUT2D eigenvalue weighted by Crippen LogP contribution is 2.03. The Morgan fingerprint density at radius 3 is 2.71 bits per heavy atom. The van der Waals surface area contributed by atoms with E-state index in [-0.39, 0.29) is 0 Å². The van der Waals surface area contributed by atoms with E-state index in [9.17, 15) is 0 Å². The van der Waals surface area contributed by atoms with Crippen molar-refractivity contribution in [3.63, 3.8) is 0 Å². The van der Waals surface area contributed by atoms with E-state index in [0.29, 0.717) is 0 Å². The van der Waals surface area contributed by atoms with Gasteiger partial charge in [-0.1, -0.05) is 39.5 Å². The van der Waals surface area contributed by atoms with E-state index in [0.717, 1.165) is 13.0 Å². The normalized spacial score (nSPS) is 10.7. The molecule has 0 aliphatic heterocycles. The fraction of sp³-hybridized carbons (Fsp3) is 0.750. The smallest absolute Gasteiger partial charge is 0.0624 e. The van der Waals surface area contributed by atoms with Gasteiger partial charge in [0.25, 0.3) is 0 Å². The molecule has 0 aromatic carbocycles. The molecule has 0 atom stereocenters. The van der Waals surface area contributed by atoms with Gasteiger partial charge in [0.05, 0.1) is 5.69 Å². The maximum atomic E-state index is 4.51. The Hall–Kier alpha value is -0.790. The van der Waals surface area contributed by atoms with Crippen LogP contribution in [0.2, 0.25) is 0 Å². The zero-order valence-corrected chi connectivity index (χ0v) is 9.50. The van der Waals surface area contributed by atoms with Gasteiger partial charge in [0, 0.05) is 12.7 Å². The Kier molecular flexibility index (Phi) is 5.35. The van der Waals surface area contributed by atoms with Crippen molar-refractivity contribution >= 4 is 0 Å². The fourth-order valence-corrected chi connectivity index (χ4v) is 1.62. The molecule has 0 saturated heterocycles. The maximum Gasteiger partial charge on any atom is 0.0624 e. The first kappa shape index (κ1) is 11.3. The summed E-state index contributed by atoms with van der Waals surface area (Å²) in [5.74, 6) is 0. The van der Waals surface area contributed by atoms with E-state index >= 15 is 0 Å². The van der Waals surface area contributed by atoms with Crippen LogP contribution >= 0.6 is 0 Å². The van der Waals surface area contributed by atoms with Gasteiger partial charge in [0.2, 0.25) is 0 Å². The summed E-state index contributed by atoms with van der Waals surface area (Å²) in [6.07, 6.45) is 9.66. The van der Waals surface area contributed by atoms with Crippen LogP contribution in [0.15, 0.2) is 12.3 Å². The molecule has 2 heteroatoms. The molecular formula is C12H22N2. The second kappa shape index (κ2) is 6.63. The van der Waals surface area contributed by atoms with Crippen LogP contribution in [0.3, 0.4) is 0 Å². The van der Waals surface area contributed by atoms with Crippen LogP contribution in [0.25, 0.3) is 0 Å². The first-order chi connectivity index (χ1) is 6.86. The highest BCUT2D eigenvalue weighted by atomic mass is 15.3. The topological polar surface area (TPSA) is 17.8 Å². The Balaban J connectivity index is 2.22. The second-order valence-corrected chi connectivity index (χ2v) is 3.88. The predicted octanol–water partition coefficient (Wildman–Crippen LogP) is 3.42. The Morgan fingerprint density at radius 1 is 1.14 bits per heavy atom. The van der Waals surface area contributed by atoms with Crippen LogP contribution in [-0.2, 0) is 13.0 Å². The highest BCUT2D eigenvalue weighted by molar-refractivity contribution is 4.98. The summed E-state index contributed by atoms with van der Waals surface area (Å²) in [6, 6.07) is 2.14. The Bertz CT molecular complexity index is 240. The zero-order valence-electron chi connectivity index (χ0n) is 9.50. The molecule has 1 aromatic heterocycles. The molecule has 0 saturated carbocycles. The summed E-state index contributed by atoms with van der Waals surface area (Å²) < 4.78 is 2.08. The quantitative estimate of drug-likeness (QED) is 0.608. The van der Waals surface area contributed by atoms with Crippen LogP contribution in [0.4, 0.5) is 0 Å². The van der Waals surface area contributed by atoms with Gasteiger partial charge in [-0.3, -0.25) is 4.68 Å². The van der Waals surface area contributed by atoms with Gasteiger partial charge in [0.1, 0.15) is 0 Å². The van der Waals surface area contributed by atoms with Crippen molar-refractivity contribution in [3.05, 3.63) is 18.0 Å². The van der Waals surface area contributed by atoms with Gasteiger partial charge >= 0.3 is 0 Å². The van der Waals surface area contributed by atoms with Crippen LogP contribution in [0, 0.1) is 0 Å². The van der Waals surface area contributed by atoms with E-state index in [1.165, 1.54) is 37.8 Å². The molecule has 14 heavy (non-hydrogen) atoms. The van der Waals surface area contributed by atoms with Crippen molar-refractivity contribution in [3.8, 4) is 0 Å². The number of hydrogen-bond acceptors (Lipinski definition) is 1. The third-order valence-corrected chi connectivity index (χ3v) is 2.44. The van der Waals surface area contributed by atoms with Crippen molar-refractivity contribution in [2.75, 3.05) is 0 Å². The molecule has 0 amide bonds. The molecule has 0 radical (unpaired) electrons. The molecule has 0 fully saturated rings. The van der Waals surface area contributed by atoms with Crippen molar-refractivity contribution in [1.29, 1.82) is 0 Å². The van der Waals surface area contributed by atoms with Gasteiger partial charge in [-0.05, 0) is 18.9 Å². The van der Waals surface area contributed by atoms with Crippen molar-refractivity contribution in [1.82, 2.24) is 9.78 Å². The third kappa shape index (κ3) is 3.95. The second-order valence-electron chi connectivity index (χ2n) is 3.88. The van der Waals surface area contributed by atoms with E-state index in [4.69, 9.17) is 0 Å². The lowest BCUT2D eigenvalue weighted by atomic mass is 10.2. The van der Waals surface area contributed by atoms with E-state index in [2.05, 4.69) is 35.9 Å². The van der Waals surface area contributed by atoms with E-state index < -0.39 is 0 Å². The van der Waals surface area contributed by atoms with Crippen molar-refractivity contribution in [2.24, 2.45) is 0 Å². The molecule has 0 aliphatic rings. The summed E-state index contributed by atoms with van der Waals surface area (Å²) in [6.45, 7) is 5.53. The lowest BCUT2D eigenvalue weighted by molar-refractivity contribution is 0.536. The minimum atomic E-state index is 1.09. The summed E-state index contributed by atoms with van der Waals surface area (Å²) in [7, 11) is 0. The molecular weight excluding hydrogens is 172 g/mol. The lowest BCUT2D eigenvalue weighted by Crippen LogP contribution is -1.99. The molecule has 1 heterocycles. The highest BCUT2D eigenvalue weighted by Gasteiger charge is 1.97. The van der Waals surface area contributed by atoms with Gasteiger partial charge in [-0.15, -0.1) is 0 Å². The van der Waals surface area contributed by atoms with Crippen LogP contribution < -0.4 is 0 Å². The summed E-state index contributed by atoms with van der Waals surface area (Å²) in [5.41, 5.74) is 1.24. The lowest BCUT2D eigenvalue weighted by Gasteiger charge is -2.00. The predicted molar refractivity (Wildman–Crippen MR) is 60.4 cm³/mol. The van der Waals surface area contributed by atoms with Crippen LogP contribution in [0.5, 0.6) is 0 Å². The average molecular weight is 194 g/mol. The number of nitrogens with zero attached hydrogens (tertiary/aromatic N) is 2. The first-order valence-electron chi connectivity index (χ1n) is 5.89. The summed E-state index contributed by atoms with van der Waals surface area (Å²) in [4.78, 5) is 0. The van der Waals surface area contributed by atoms with Gasteiger partial charge in [-0.25, -0.2) is 0 Å². The largest absolute Gasteiger partial charge is 0.272 e. The first-order valence-corrected chi connectivity index (χ1v) is 5.89. The molecule has 0 N–H and O–H groups in total. The monoisotopic (exact) mass is 194 g/mol. The summed E-state index contributed by atoms with van der Waals surface area (Å²) >= 11 is 0. The number of aromatic nitrogens is 2. The number of unbranched alkanes of at least 4 members (excludes halogenated alkanes) is 3. The van der Waals surface area contributed by atoms with Gasteiger partial charge in [-0.2, -0.15) is 5.10 Å². The Morgan fingerprint density at radius 2 is 2.00 bits per heavy atom. The number of aryl methyl sites for hydroxylation is 2. The molecule has 80 valence electrons. The third-order valence-electron chi connectivity index (χ3n) is 2.44. The van der Waals surface area contributed by atoms with Crippen LogP contribution in [-0.4, -0.2) is 9.78 Å². The molecule has 0 spiro atoms. The van der Waals surface area contributed by atoms with Crippen molar-refractivity contribution < 1.29 is 0 Å². The molecule has 0 bridgehead atoms. The van der Waals surface area contributed by atoms with Gasteiger partial charge < -0.3 is 0 Å². The molecule has 1 rings (SSSR count). The standard InChI is InChI=1S/C12H22N2/c1-3-5-6-7-10-14-11-9-12(13-14)8-4-2/h9,11H,3-8,10H2,1-2H3. The number of hydrogen-bond donors (Lipinski definition) is 0.